The van der Waals surface area contributed by atoms with E-state index in [1.165, 1.54) is 0 Å². The summed E-state index contributed by atoms with van der Waals surface area (Å²) in [7, 11) is 0. The highest BCUT2D eigenvalue weighted by molar-refractivity contribution is 5.83. The number of carbonyl (C=O) groups is 3. The second-order valence-electron chi connectivity index (χ2n) is 4.45. The summed E-state index contributed by atoms with van der Waals surface area (Å²) in [5.74, 6) is -1.31. The lowest BCUT2D eigenvalue weighted by Gasteiger charge is -2.14. The van der Waals surface area contributed by atoms with Crippen LogP contribution in [0.15, 0.2) is 0 Å². The molecule has 0 aromatic carbocycles. The smallest absolute Gasteiger partial charge is 0.326 e. The molecule has 19 heavy (non-hydrogen) atoms. The average molecular weight is 272 g/mol. The maximum absolute atomic E-state index is 11.3. The molecule has 0 radical (unpaired) electrons. The van der Waals surface area contributed by atoms with Crippen molar-refractivity contribution in [2.45, 2.75) is 58.4 Å². The second-order valence-corrected chi connectivity index (χ2v) is 4.45. The second kappa shape index (κ2) is 10.3. The van der Waals surface area contributed by atoms with Crippen LogP contribution in [-0.4, -0.2) is 35.5 Å². The van der Waals surface area contributed by atoms with Gasteiger partial charge in [-0.2, -0.15) is 0 Å². The van der Waals surface area contributed by atoms with Crippen LogP contribution in [0.2, 0.25) is 0 Å². The van der Waals surface area contributed by atoms with Crippen LogP contribution in [-0.2, 0) is 14.4 Å². The minimum absolute atomic E-state index is 0.0237. The summed E-state index contributed by atoms with van der Waals surface area (Å²) in [5, 5.41) is 14.2. The van der Waals surface area contributed by atoms with Gasteiger partial charge in [0, 0.05) is 19.4 Å². The van der Waals surface area contributed by atoms with Gasteiger partial charge in [0.25, 0.3) is 0 Å². The number of carboxylic acid groups (broad SMARTS) is 1. The molecule has 0 aliphatic carbocycles. The fraction of sp³-hybridized carbons (Fsp3) is 0.769. The predicted molar refractivity (Wildman–Crippen MR) is 71.6 cm³/mol. The number of carbonyl (C=O) groups excluding carboxylic acids is 2. The Kier molecular flexibility index (Phi) is 9.48. The first-order valence-electron chi connectivity index (χ1n) is 6.80. The number of amides is 2. The predicted octanol–water partition coefficient (Wildman–Crippen LogP) is 1.05. The Balaban J connectivity index is 3.92. The number of hydrogen-bond acceptors (Lipinski definition) is 3. The monoisotopic (exact) mass is 272 g/mol. The molecule has 0 rings (SSSR count). The van der Waals surface area contributed by atoms with E-state index in [2.05, 4.69) is 10.6 Å². The summed E-state index contributed by atoms with van der Waals surface area (Å²) >= 11 is 0. The molecule has 0 fully saturated rings. The molecule has 0 saturated carbocycles. The molecule has 0 aromatic rings. The quantitative estimate of drug-likeness (QED) is 0.518. The molecule has 3 N–H and O–H groups in total. The summed E-state index contributed by atoms with van der Waals surface area (Å²) in [6.45, 7) is 4.22. The third kappa shape index (κ3) is 9.04. The SMILES string of the molecule is CCCC(=O)NCCCC(NC(=O)CCC)C(=O)O. The normalized spacial score (nSPS) is 11.7. The third-order valence-electron chi connectivity index (χ3n) is 2.58. The zero-order valence-electron chi connectivity index (χ0n) is 11.7. The van der Waals surface area contributed by atoms with E-state index >= 15 is 0 Å². The van der Waals surface area contributed by atoms with Gasteiger partial charge in [-0.15, -0.1) is 0 Å². The molecule has 1 atom stereocenters. The van der Waals surface area contributed by atoms with Crippen LogP contribution < -0.4 is 10.6 Å². The van der Waals surface area contributed by atoms with Gasteiger partial charge < -0.3 is 15.7 Å². The molecule has 110 valence electrons. The zero-order chi connectivity index (χ0) is 14.7. The van der Waals surface area contributed by atoms with E-state index < -0.39 is 12.0 Å². The van der Waals surface area contributed by atoms with Gasteiger partial charge in [-0.1, -0.05) is 13.8 Å². The Hall–Kier alpha value is -1.59. The van der Waals surface area contributed by atoms with Crippen molar-refractivity contribution in [3.63, 3.8) is 0 Å². The zero-order valence-corrected chi connectivity index (χ0v) is 11.7. The van der Waals surface area contributed by atoms with Crippen molar-refractivity contribution in [1.82, 2.24) is 10.6 Å². The van der Waals surface area contributed by atoms with E-state index in [-0.39, 0.29) is 11.8 Å². The van der Waals surface area contributed by atoms with E-state index in [1.54, 1.807) is 0 Å². The Morgan fingerprint density at radius 1 is 1.05 bits per heavy atom. The molecule has 0 aliphatic rings. The van der Waals surface area contributed by atoms with Crippen LogP contribution in [0.25, 0.3) is 0 Å². The Bertz CT molecular complexity index is 305. The molecule has 0 aliphatic heterocycles. The van der Waals surface area contributed by atoms with E-state index in [4.69, 9.17) is 5.11 Å². The van der Waals surface area contributed by atoms with Crippen molar-refractivity contribution in [2.24, 2.45) is 0 Å². The highest BCUT2D eigenvalue weighted by Gasteiger charge is 2.18. The topological polar surface area (TPSA) is 95.5 Å². The van der Waals surface area contributed by atoms with E-state index in [1.807, 2.05) is 13.8 Å². The molecule has 6 nitrogen and oxygen atoms in total. The molecule has 1 unspecified atom stereocenters. The lowest BCUT2D eigenvalue weighted by molar-refractivity contribution is -0.142. The van der Waals surface area contributed by atoms with E-state index in [0.29, 0.717) is 38.6 Å². The fourth-order valence-electron chi connectivity index (χ4n) is 1.60. The number of carboxylic acids is 1. The Morgan fingerprint density at radius 3 is 2.16 bits per heavy atom. The minimum atomic E-state index is -1.04. The van der Waals surface area contributed by atoms with Gasteiger partial charge in [-0.25, -0.2) is 4.79 Å². The van der Waals surface area contributed by atoms with Gasteiger partial charge in [0.2, 0.25) is 11.8 Å². The lowest BCUT2D eigenvalue weighted by Crippen LogP contribution is -2.41. The largest absolute Gasteiger partial charge is 0.480 e. The molecular weight excluding hydrogens is 248 g/mol. The van der Waals surface area contributed by atoms with Crippen LogP contribution >= 0.6 is 0 Å². The first-order chi connectivity index (χ1) is 9.01. The van der Waals surface area contributed by atoms with Gasteiger partial charge >= 0.3 is 5.97 Å². The van der Waals surface area contributed by atoms with Crippen LogP contribution in [0.5, 0.6) is 0 Å². The molecule has 0 saturated heterocycles. The number of rotatable bonds is 10. The van der Waals surface area contributed by atoms with Gasteiger partial charge in [-0.3, -0.25) is 9.59 Å². The lowest BCUT2D eigenvalue weighted by atomic mass is 10.1. The average Bonchev–Trinajstić information content (AvgIpc) is 2.33. The third-order valence-corrected chi connectivity index (χ3v) is 2.58. The van der Waals surface area contributed by atoms with Crippen molar-refractivity contribution in [1.29, 1.82) is 0 Å². The summed E-state index contributed by atoms with van der Waals surface area (Å²) in [6.07, 6.45) is 3.13. The molecular formula is C13H24N2O4. The van der Waals surface area contributed by atoms with Crippen LogP contribution in [0.1, 0.15) is 52.4 Å². The fourth-order valence-corrected chi connectivity index (χ4v) is 1.60. The van der Waals surface area contributed by atoms with Gasteiger partial charge in [0.1, 0.15) is 6.04 Å². The van der Waals surface area contributed by atoms with Crippen molar-refractivity contribution >= 4 is 17.8 Å². The summed E-state index contributed by atoms with van der Waals surface area (Å²) in [6, 6.07) is -0.873. The molecule has 6 heteroatoms. The first-order valence-corrected chi connectivity index (χ1v) is 6.80. The van der Waals surface area contributed by atoms with Crippen molar-refractivity contribution < 1.29 is 19.5 Å². The first kappa shape index (κ1) is 17.4. The molecule has 0 spiro atoms. The summed E-state index contributed by atoms with van der Waals surface area (Å²) < 4.78 is 0. The van der Waals surface area contributed by atoms with E-state index in [0.717, 1.165) is 6.42 Å². The molecule has 0 bridgehead atoms. The maximum atomic E-state index is 11.3. The molecule has 0 aromatic heterocycles. The standard InChI is InChI=1S/C13H24N2O4/c1-3-6-11(16)14-9-5-8-10(13(18)19)15-12(17)7-4-2/h10H,3-9H2,1-2H3,(H,14,16)(H,15,17)(H,18,19). The van der Waals surface area contributed by atoms with Crippen molar-refractivity contribution in [3.05, 3.63) is 0 Å². The van der Waals surface area contributed by atoms with Gasteiger partial charge in [0.15, 0.2) is 0 Å². The van der Waals surface area contributed by atoms with Gasteiger partial charge in [0.05, 0.1) is 0 Å². The highest BCUT2D eigenvalue weighted by atomic mass is 16.4. The minimum Gasteiger partial charge on any atom is -0.480 e. The summed E-state index contributed by atoms with van der Waals surface area (Å²) in [4.78, 5) is 33.5. The van der Waals surface area contributed by atoms with Gasteiger partial charge in [-0.05, 0) is 25.7 Å². The van der Waals surface area contributed by atoms with Crippen molar-refractivity contribution in [2.75, 3.05) is 6.54 Å². The maximum Gasteiger partial charge on any atom is 0.326 e. The van der Waals surface area contributed by atoms with Crippen LogP contribution in [0.3, 0.4) is 0 Å². The number of hydrogen-bond donors (Lipinski definition) is 3. The van der Waals surface area contributed by atoms with Crippen LogP contribution in [0.4, 0.5) is 0 Å². The van der Waals surface area contributed by atoms with Crippen molar-refractivity contribution in [3.8, 4) is 0 Å². The number of nitrogens with one attached hydrogen (secondary N) is 2. The highest BCUT2D eigenvalue weighted by Crippen LogP contribution is 1.99. The Labute approximate surface area is 113 Å². The Morgan fingerprint density at radius 2 is 1.63 bits per heavy atom. The number of aliphatic carboxylic acids is 1. The molecule has 0 heterocycles. The van der Waals surface area contributed by atoms with E-state index in [9.17, 15) is 14.4 Å². The molecule has 2 amide bonds. The summed E-state index contributed by atoms with van der Waals surface area (Å²) in [5.41, 5.74) is 0. The van der Waals surface area contributed by atoms with Crippen LogP contribution in [0, 0.1) is 0 Å².